The maximum absolute atomic E-state index is 12.3. The second kappa shape index (κ2) is 19.9. The van der Waals surface area contributed by atoms with Crippen molar-refractivity contribution in [2.75, 3.05) is 26.3 Å². The normalized spacial score (nSPS) is 15.8. The molecule has 0 bridgehead atoms. The molecule has 10 aromatic rings. The van der Waals surface area contributed by atoms with E-state index in [4.69, 9.17) is 14.5 Å². The molecule has 0 amide bonds. The van der Waals surface area contributed by atoms with Crippen LogP contribution in [-0.4, -0.2) is 83.5 Å². The topological polar surface area (TPSA) is 139 Å². The number of hydrogen-bond acceptors (Lipinski definition) is 9. The third kappa shape index (κ3) is 8.97. The van der Waals surface area contributed by atoms with E-state index in [1.165, 1.54) is 22.3 Å². The minimum Gasteiger partial charge on any atom is -0.486 e. The Bertz CT molecular complexity index is 3680. The maximum atomic E-state index is 12.3. The summed E-state index contributed by atoms with van der Waals surface area (Å²) in [7, 11) is 0. The molecule has 12 nitrogen and oxygen atoms in total. The van der Waals surface area contributed by atoms with E-state index in [-0.39, 0.29) is 0 Å². The van der Waals surface area contributed by atoms with E-state index in [1.54, 1.807) is 0 Å². The molecule has 2 aliphatic rings. The van der Waals surface area contributed by atoms with Gasteiger partial charge in [-0.2, -0.15) is 0 Å². The molecule has 1 fully saturated rings. The largest absolute Gasteiger partial charge is 0.486 e. The average molecular weight is 978 g/mol. The number of carbonyl (C=O) groups is 1. The molecule has 368 valence electrons. The van der Waals surface area contributed by atoms with Crippen LogP contribution in [0.3, 0.4) is 0 Å². The summed E-state index contributed by atoms with van der Waals surface area (Å²) in [6, 6.07) is 53.9. The van der Waals surface area contributed by atoms with Gasteiger partial charge in [0.15, 0.2) is 23.0 Å². The van der Waals surface area contributed by atoms with Gasteiger partial charge in [0.25, 0.3) is 0 Å². The molecule has 3 N–H and O–H groups in total. The van der Waals surface area contributed by atoms with Crippen molar-refractivity contribution < 1.29 is 24.5 Å². The number of aliphatic carboxylic acids is 1. The number of pyridine rings is 2. The number of aliphatic hydroxyl groups excluding tert-OH is 1. The summed E-state index contributed by atoms with van der Waals surface area (Å²) in [6.45, 7) is 7.49. The third-order valence-electron chi connectivity index (χ3n) is 14.9. The van der Waals surface area contributed by atoms with E-state index in [2.05, 4.69) is 190 Å². The van der Waals surface area contributed by atoms with Crippen molar-refractivity contribution in [2.24, 2.45) is 5.92 Å². The van der Waals surface area contributed by atoms with Crippen molar-refractivity contribution in [1.29, 1.82) is 0 Å². The van der Waals surface area contributed by atoms with Gasteiger partial charge in [-0.15, -0.1) is 10.2 Å². The predicted molar refractivity (Wildman–Crippen MR) is 289 cm³/mol. The fraction of sp³-hybridized carbons (Fsp3) is 0.194. The Morgan fingerprint density at radius 3 is 1.95 bits per heavy atom. The number of aliphatic hydroxyl groups is 1. The molecule has 6 heterocycles. The van der Waals surface area contributed by atoms with Gasteiger partial charge in [-0.1, -0.05) is 121 Å². The molecule has 0 radical (unpaired) electrons. The number of nitrogens with one attached hydrogen (secondary N) is 1. The molecular weight excluding hydrogens is 923 g/mol. The fourth-order valence-electron chi connectivity index (χ4n) is 10.9. The van der Waals surface area contributed by atoms with Gasteiger partial charge < -0.3 is 25.0 Å². The molecule has 0 saturated carbocycles. The van der Waals surface area contributed by atoms with E-state index in [9.17, 15) is 15.0 Å². The number of rotatable bonds is 15. The Morgan fingerprint density at radius 2 is 1.24 bits per heavy atom. The first kappa shape index (κ1) is 46.6. The molecule has 0 spiro atoms. The number of aromatic nitrogens is 5. The second-order valence-electron chi connectivity index (χ2n) is 19.4. The summed E-state index contributed by atoms with van der Waals surface area (Å²) in [6.07, 6.45) is 5.63. The van der Waals surface area contributed by atoms with E-state index in [0.29, 0.717) is 45.8 Å². The molecular formula is C62H55N7O5. The van der Waals surface area contributed by atoms with Crippen LogP contribution in [0.2, 0.25) is 0 Å². The highest BCUT2D eigenvalue weighted by atomic mass is 16.6. The number of likely N-dealkylation sites (tertiary alicyclic amines) is 1. The van der Waals surface area contributed by atoms with Crippen molar-refractivity contribution in [3.8, 4) is 78.7 Å². The van der Waals surface area contributed by atoms with Crippen molar-refractivity contribution in [1.82, 2.24) is 34.2 Å². The smallest absolute Gasteiger partial charge is 0.309 e. The van der Waals surface area contributed by atoms with E-state index >= 15 is 0 Å². The lowest BCUT2D eigenvalue weighted by Gasteiger charge is -2.48. The molecule has 12 rings (SSSR count). The molecule has 6 aromatic carbocycles. The zero-order chi connectivity index (χ0) is 50.3. The van der Waals surface area contributed by atoms with Crippen LogP contribution in [0.25, 0.3) is 78.4 Å². The summed E-state index contributed by atoms with van der Waals surface area (Å²) in [5.41, 5.74) is 18.2. The molecule has 1 saturated heterocycles. The highest BCUT2D eigenvalue weighted by molar-refractivity contribution is 5.82. The quantitative estimate of drug-likeness (QED) is 0.0851. The SMILES string of the molecule is Cc1c(-c2ccc3c(c2)OCCO3)cccc1-c1ccn2c(-c3ccc(CN4CC(C(=O)O)C4C(O)CCNCc4ccc(-c5nnc6cc(-c7cccc(-c8ccccc8)c7C)ccn56)cc4)cc3)cnc2c1. The summed E-state index contributed by atoms with van der Waals surface area (Å²) in [5.74, 6) is 0.809. The zero-order valence-electron chi connectivity index (χ0n) is 41.2. The maximum Gasteiger partial charge on any atom is 0.309 e. The third-order valence-corrected chi connectivity index (χ3v) is 14.9. The van der Waals surface area contributed by atoms with Crippen molar-refractivity contribution in [3.05, 3.63) is 199 Å². The Kier molecular flexibility index (Phi) is 12.5. The highest BCUT2D eigenvalue weighted by Gasteiger charge is 2.47. The lowest BCUT2D eigenvalue weighted by molar-refractivity contribution is -0.160. The zero-order valence-corrected chi connectivity index (χ0v) is 41.2. The van der Waals surface area contributed by atoms with Gasteiger partial charge in [0.1, 0.15) is 18.9 Å². The van der Waals surface area contributed by atoms with Gasteiger partial charge in [0, 0.05) is 43.2 Å². The minimum absolute atomic E-state index is 0.387. The Balaban J connectivity index is 0.653. The van der Waals surface area contributed by atoms with Crippen LogP contribution in [0, 0.1) is 19.8 Å². The number of benzene rings is 6. The van der Waals surface area contributed by atoms with Gasteiger partial charge in [-0.3, -0.25) is 18.5 Å². The standard InChI is InChI=1S/C62H55N7O5/c1-39-49(43-8-4-3-5-9-43)10-6-12-51(39)48-26-29-69-59(34-48)65-66-61(69)45-20-14-41(15-21-45)35-63-27-24-55(70)60-53(62(71)72)38-67(60)37-42-16-18-44(19-17-42)54-36-64-58-33-47(25-28-68(54)58)52-13-7-11-50(40(52)2)46-22-23-56-57(32-46)74-31-30-73-56/h3-23,25-26,28-29,32-34,36,53,55,60,63,70H,24,27,30-31,35,37-38H2,1-2H3,(H,71,72). The van der Waals surface area contributed by atoms with Gasteiger partial charge in [-0.25, -0.2) is 4.98 Å². The van der Waals surface area contributed by atoms with Crippen LogP contribution in [0.1, 0.15) is 28.7 Å². The summed E-state index contributed by atoms with van der Waals surface area (Å²) in [4.78, 5) is 19.2. The molecule has 0 aliphatic carbocycles. The van der Waals surface area contributed by atoms with Gasteiger partial charge in [0.05, 0.1) is 30.0 Å². The predicted octanol–water partition coefficient (Wildman–Crippen LogP) is 11.2. The van der Waals surface area contributed by atoms with E-state index in [1.807, 2.05) is 28.9 Å². The van der Waals surface area contributed by atoms with Crippen molar-refractivity contribution in [2.45, 2.75) is 45.5 Å². The number of hydrogen-bond donors (Lipinski definition) is 3. The molecule has 74 heavy (non-hydrogen) atoms. The Hall–Kier alpha value is -8.42. The lowest BCUT2D eigenvalue weighted by Crippen LogP contribution is -2.63. The second-order valence-corrected chi connectivity index (χ2v) is 19.4. The number of imidazole rings is 1. The first-order valence-corrected chi connectivity index (χ1v) is 25.3. The molecule has 12 heteroatoms. The van der Waals surface area contributed by atoms with Crippen LogP contribution in [-0.2, 0) is 17.9 Å². The minimum atomic E-state index is -0.878. The lowest BCUT2D eigenvalue weighted by atomic mass is 9.83. The Labute approximate surface area is 429 Å². The number of ether oxygens (including phenoxy) is 2. The van der Waals surface area contributed by atoms with E-state index < -0.39 is 24.0 Å². The highest BCUT2D eigenvalue weighted by Crippen LogP contribution is 2.39. The number of carboxylic acid groups (broad SMARTS) is 1. The first-order valence-electron chi connectivity index (χ1n) is 25.3. The van der Waals surface area contributed by atoms with Crippen LogP contribution < -0.4 is 14.8 Å². The van der Waals surface area contributed by atoms with Crippen molar-refractivity contribution >= 4 is 17.3 Å². The molecule has 3 atom stereocenters. The number of fused-ring (bicyclic) bond motifs is 3. The van der Waals surface area contributed by atoms with Gasteiger partial charge >= 0.3 is 5.97 Å². The molecule has 3 unspecified atom stereocenters. The Morgan fingerprint density at radius 1 is 0.635 bits per heavy atom. The summed E-state index contributed by atoms with van der Waals surface area (Å²) < 4.78 is 15.7. The summed E-state index contributed by atoms with van der Waals surface area (Å²) in [5, 5.41) is 34.0. The van der Waals surface area contributed by atoms with Crippen LogP contribution in [0.15, 0.2) is 176 Å². The van der Waals surface area contributed by atoms with Crippen LogP contribution >= 0.6 is 0 Å². The van der Waals surface area contributed by atoms with E-state index in [0.717, 1.165) is 89.9 Å². The molecule has 2 aliphatic heterocycles. The molecule has 4 aromatic heterocycles. The average Bonchev–Trinajstić information content (AvgIpc) is 4.06. The van der Waals surface area contributed by atoms with Crippen molar-refractivity contribution in [3.63, 3.8) is 0 Å². The van der Waals surface area contributed by atoms with Gasteiger partial charge in [-0.05, 0) is 130 Å². The first-order chi connectivity index (χ1) is 36.2. The number of nitrogens with zero attached hydrogens (tertiary/aromatic N) is 6. The summed E-state index contributed by atoms with van der Waals surface area (Å²) >= 11 is 0. The monoisotopic (exact) mass is 977 g/mol. The van der Waals surface area contributed by atoms with Crippen LogP contribution in [0.4, 0.5) is 0 Å². The van der Waals surface area contributed by atoms with Crippen LogP contribution in [0.5, 0.6) is 11.5 Å². The number of carboxylic acids is 1. The fourth-order valence-corrected chi connectivity index (χ4v) is 10.9. The van der Waals surface area contributed by atoms with Gasteiger partial charge in [0.2, 0.25) is 0 Å².